The SMILES string of the molecule is CC(C)(C)OC(=O)n1cc(C[C@H]2COC(=O)N2)c2ccccc21. The van der Waals surface area contributed by atoms with E-state index in [1.165, 1.54) is 4.57 Å². The fourth-order valence-corrected chi connectivity index (χ4v) is 2.68. The van der Waals surface area contributed by atoms with Crippen molar-refractivity contribution in [2.75, 3.05) is 6.61 Å². The molecule has 0 bridgehead atoms. The highest BCUT2D eigenvalue weighted by molar-refractivity contribution is 5.92. The molecule has 0 saturated carbocycles. The molecule has 2 heterocycles. The van der Waals surface area contributed by atoms with Crippen LogP contribution in [0.3, 0.4) is 0 Å². The summed E-state index contributed by atoms with van der Waals surface area (Å²) in [5.41, 5.74) is 1.21. The van der Waals surface area contributed by atoms with Gasteiger partial charge in [-0.1, -0.05) is 18.2 Å². The zero-order valence-corrected chi connectivity index (χ0v) is 13.5. The molecular weight excluding hydrogens is 296 g/mol. The van der Waals surface area contributed by atoms with E-state index in [2.05, 4.69) is 5.32 Å². The van der Waals surface area contributed by atoms with Crippen LogP contribution < -0.4 is 5.32 Å². The smallest absolute Gasteiger partial charge is 0.419 e. The largest absolute Gasteiger partial charge is 0.447 e. The number of cyclic esters (lactones) is 1. The molecule has 0 radical (unpaired) electrons. The van der Waals surface area contributed by atoms with Gasteiger partial charge >= 0.3 is 12.2 Å². The van der Waals surface area contributed by atoms with Gasteiger partial charge in [0.05, 0.1) is 11.6 Å². The van der Waals surface area contributed by atoms with Crippen molar-refractivity contribution >= 4 is 23.1 Å². The minimum absolute atomic E-state index is 0.0830. The Morgan fingerprint density at radius 2 is 2.13 bits per heavy atom. The molecule has 0 unspecified atom stereocenters. The Bertz CT molecular complexity index is 758. The molecule has 1 saturated heterocycles. The zero-order valence-electron chi connectivity index (χ0n) is 13.5. The first-order chi connectivity index (χ1) is 10.8. The van der Waals surface area contributed by atoms with E-state index in [1.54, 1.807) is 6.20 Å². The van der Waals surface area contributed by atoms with Crippen LogP contribution in [0.5, 0.6) is 0 Å². The Labute approximate surface area is 134 Å². The lowest BCUT2D eigenvalue weighted by molar-refractivity contribution is 0.0544. The first kappa shape index (κ1) is 15.4. The molecule has 1 amide bonds. The summed E-state index contributed by atoms with van der Waals surface area (Å²) in [6.07, 6.45) is 1.57. The number of hydrogen-bond acceptors (Lipinski definition) is 4. The molecule has 0 spiro atoms. The molecular formula is C17H20N2O4. The summed E-state index contributed by atoms with van der Waals surface area (Å²) < 4.78 is 11.9. The second-order valence-corrected chi connectivity index (χ2v) is 6.67. The topological polar surface area (TPSA) is 69.6 Å². The Morgan fingerprint density at radius 3 is 2.78 bits per heavy atom. The van der Waals surface area contributed by atoms with Gasteiger partial charge in [-0.15, -0.1) is 0 Å². The summed E-state index contributed by atoms with van der Waals surface area (Å²) in [7, 11) is 0. The molecule has 1 fully saturated rings. The summed E-state index contributed by atoms with van der Waals surface area (Å²) in [4.78, 5) is 23.6. The Kier molecular flexibility index (Phi) is 3.75. The van der Waals surface area contributed by atoms with E-state index in [4.69, 9.17) is 9.47 Å². The van der Waals surface area contributed by atoms with Crippen molar-refractivity contribution < 1.29 is 19.1 Å². The van der Waals surface area contributed by atoms with E-state index in [0.717, 1.165) is 16.5 Å². The van der Waals surface area contributed by atoms with Crippen molar-refractivity contribution in [3.05, 3.63) is 36.0 Å². The van der Waals surface area contributed by atoms with Gasteiger partial charge < -0.3 is 14.8 Å². The predicted molar refractivity (Wildman–Crippen MR) is 85.5 cm³/mol. The number of ether oxygens (including phenoxy) is 2. The van der Waals surface area contributed by atoms with Gasteiger partial charge in [-0.3, -0.25) is 4.57 Å². The molecule has 1 atom stereocenters. The second kappa shape index (κ2) is 5.61. The third kappa shape index (κ3) is 3.31. The van der Waals surface area contributed by atoms with E-state index in [9.17, 15) is 9.59 Å². The van der Waals surface area contributed by atoms with Crippen LogP contribution in [0.2, 0.25) is 0 Å². The Hall–Kier alpha value is -2.50. The molecule has 1 aromatic heterocycles. The second-order valence-electron chi connectivity index (χ2n) is 6.67. The molecule has 1 aliphatic rings. The average Bonchev–Trinajstić information content (AvgIpc) is 3.02. The average molecular weight is 316 g/mol. The third-order valence-electron chi connectivity index (χ3n) is 3.59. The van der Waals surface area contributed by atoms with Gasteiger partial charge in [-0.2, -0.15) is 0 Å². The number of carbonyl (C=O) groups excluding carboxylic acids is 2. The first-order valence-electron chi connectivity index (χ1n) is 7.59. The van der Waals surface area contributed by atoms with Crippen molar-refractivity contribution in [1.29, 1.82) is 0 Å². The number of rotatable bonds is 2. The number of carbonyl (C=O) groups is 2. The molecule has 0 aliphatic carbocycles. The van der Waals surface area contributed by atoms with Gasteiger partial charge in [0.25, 0.3) is 0 Å². The van der Waals surface area contributed by atoms with Crippen LogP contribution in [0.1, 0.15) is 26.3 Å². The number of hydrogen-bond donors (Lipinski definition) is 1. The minimum atomic E-state index is -0.560. The lowest BCUT2D eigenvalue weighted by Crippen LogP contribution is -2.28. The van der Waals surface area contributed by atoms with Crippen molar-refractivity contribution in [1.82, 2.24) is 9.88 Å². The monoisotopic (exact) mass is 316 g/mol. The molecule has 1 N–H and O–H groups in total. The van der Waals surface area contributed by atoms with E-state index >= 15 is 0 Å². The van der Waals surface area contributed by atoms with Crippen molar-refractivity contribution in [2.45, 2.75) is 38.8 Å². The molecule has 6 nitrogen and oxygen atoms in total. The van der Waals surface area contributed by atoms with E-state index in [1.807, 2.05) is 45.0 Å². The first-order valence-corrected chi connectivity index (χ1v) is 7.59. The number of fused-ring (bicyclic) bond motifs is 1. The van der Waals surface area contributed by atoms with Gasteiger partial charge in [0.1, 0.15) is 12.2 Å². The highest BCUT2D eigenvalue weighted by Crippen LogP contribution is 2.24. The normalized spacial score (nSPS) is 17.9. The fourth-order valence-electron chi connectivity index (χ4n) is 2.68. The molecule has 1 aromatic carbocycles. The Balaban J connectivity index is 1.93. The number of nitrogens with one attached hydrogen (secondary N) is 1. The molecule has 122 valence electrons. The van der Waals surface area contributed by atoms with E-state index < -0.39 is 17.8 Å². The molecule has 6 heteroatoms. The van der Waals surface area contributed by atoms with Crippen LogP contribution in [0.25, 0.3) is 10.9 Å². The van der Waals surface area contributed by atoms with E-state index in [-0.39, 0.29) is 6.04 Å². The quantitative estimate of drug-likeness (QED) is 0.924. The molecule has 1 aliphatic heterocycles. The maximum absolute atomic E-state index is 12.4. The number of para-hydroxylation sites is 1. The van der Waals surface area contributed by atoms with Gasteiger partial charge in [-0.25, -0.2) is 9.59 Å². The summed E-state index contributed by atoms with van der Waals surface area (Å²) >= 11 is 0. The number of aromatic nitrogens is 1. The number of nitrogens with zero attached hydrogens (tertiary/aromatic N) is 1. The number of alkyl carbamates (subject to hydrolysis) is 1. The van der Waals surface area contributed by atoms with Crippen LogP contribution >= 0.6 is 0 Å². The maximum atomic E-state index is 12.4. The number of amides is 1. The summed E-state index contributed by atoms with van der Waals surface area (Å²) in [5, 5.41) is 3.73. The lowest BCUT2D eigenvalue weighted by Gasteiger charge is -2.19. The molecule has 23 heavy (non-hydrogen) atoms. The summed E-state index contributed by atoms with van der Waals surface area (Å²) in [6, 6.07) is 7.57. The predicted octanol–water partition coefficient (Wildman–Crippen LogP) is 3.08. The van der Waals surface area contributed by atoms with Crippen LogP contribution in [0.15, 0.2) is 30.5 Å². The third-order valence-corrected chi connectivity index (χ3v) is 3.59. The zero-order chi connectivity index (χ0) is 16.6. The van der Waals surface area contributed by atoms with Gasteiger partial charge in [0.2, 0.25) is 0 Å². The van der Waals surface area contributed by atoms with E-state index in [0.29, 0.717) is 13.0 Å². The van der Waals surface area contributed by atoms with Gasteiger partial charge in [0.15, 0.2) is 0 Å². The maximum Gasteiger partial charge on any atom is 0.419 e. The standard InChI is InChI=1S/C17H20N2O4/c1-17(2,3)23-16(21)19-9-11(8-12-10-22-15(20)18-12)13-6-4-5-7-14(13)19/h4-7,9,12H,8,10H2,1-3H3,(H,18,20)/t12-/m0/s1. The lowest BCUT2D eigenvalue weighted by atomic mass is 10.1. The summed E-state index contributed by atoms with van der Waals surface area (Å²) in [6.45, 7) is 5.85. The molecule has 3 rings (SSSR count). The van der Waals surface area contributed by atoms with Gasteiger partial charge in [-0.05, 0) is 38.8 Å². The van der Waals surface area contributed by atoms with Crippen LogP contribution in [-0.4, -0.2) is 35.0 Å². The van der Waals surface area contributed by atoms with Gasteiger partial charge in [0, 0.05) is 11.6 Å². The minimum Gasteiger partial charge on any atom is -0.447 e. The Morgan fingerprint density at radius 1 is 1.39 bits per heavy atom. The molecule has 2 aromatic rings. The highest BCUT2D eigenvalue weighted by Gasteiger charge is 2.25. The number of benzene rings is 1. The highest BCUT2D eigenvalue weighted by atomic mass is 16.6. The van der Waals surface area contributed by atoms with Crippen LogP contribution in [0.4, 0.5) is 9.59 Å². The van der Waals surface area contributed by atoms with Crippen molar-refractivity contribution in [2.24, 2.45) is 0 Å². The van der Waals surface area contributed by atoms with Crippen molar-refractivity contribution in [3.63, 3.8) is 0 Å². The van der Waals surface area contributed by atoms with Crippen LogP contribution in [-0.2, 0) is 15.9 Å². The fraction of sp³-hybridized carbons (Fsp3) is 0.412. The van der Waals surface area contributed by atoms with Crippen LogP contribution in [0, 0.1) is 0 Å². The van der Waals surface area contributed by atoms with Crippen molar-refractivity contribution in [3.8, 4) is 0 Å². The summed E-state index contributed by atoms with van der Waals surface area (Å²) in [5.74, 6) is 0.